The number of hydrogen-bond donors (Lipinski definition) is 2. The van der Waals surface area contributed by atoms with Crippen LogP contribution in [0, 0.1) is 0 Å². The molecule has 0 bridgehead atoms. The number of nitrogens with one attached hydrogen (secondary N) is 1. The monoisotopic (exact) mass is 228 g/mol. The lowest BCUT2D eigenvalue weighted by atomic mass is 10.2. The van der Waals surface area contributed by atoms with Crippen LogP contribution in [0.2, 0.25) is 0 Å². The second-order valence-electron chi connectivity index (χ2n) is 4.42. The molecule has 2 atom stereocenters. The van der Waals surface area contributed by atoms with Crippen molar-refractivity contribution in [1.29, 1.82) is 0 Å². The summed E-state index contributed by atoms with van der Waals surface area (Å²) >= 11 is 0. The molecule has 0 aromatic heterocycles. The highest BCUT2D eigenvalue weighted by atomic mass is 16.4. The first-order chi connectivity index (χ1) is 7.50. The third kappa shape index (κ3) is 3.81. The van der Waals surface area contributed by atoms with E-state index in [0.29, 0.717) is 0 Å². The Bertz CT molecular complexity index is 262. The van der Waals surface area contributed by atoms with E-state index in [0.717, 1.165) is 25.9 Å². The number of carbonyl (C=O) groups is 2. The van der Waals surface area contributed by atoms with Crippen LogP contribution in [-0.4, -0.2) is 47.1 Å². The number of amides is 1. The molecular weight excluding hydrogens is 208 g/mol. The predicted molar refractivity (Wildman–Crippen MR) is 60.1 cm³/mol. The lowest BCUT2D eigenvalue weighted by Gasteiger charge is -2.23. The van der Waals surface area contributed by atoms with E-state index in [9.17, 15) is 9.59 Å². The van der Waals surface area contributed by atoms with E-state index in [-0.39, 0.29) is 24.4 Å². The summed E-state index contributed by atoms with van der Waals surface area (Å²) < 4.78 is 0. The van der Waals surface area contributed by atoms with E-state index in [4.69, 9.17) is 5.11 Å². The molecule has 1 aliphatic rings. The lowest BCUT2D eigenvalue weighted by molar-refractivity contribution is -0.138. The first-order valence-electron chi connectivity index (χ1n) is 5.77. The smallest absolute Gasteiger partial charge is 0.304 e. The van der Waals surface area contributed by atoms with Crippen molar-refractivity contribution in [2.75, 3.05) is 13.1 Å². The van der Waals surface area contributed by atoms with Crippen molar-refractivity contribution >= 4 is 11.9 Å². The maximum Gasteiger partial charge on any atom is 0.304 e. The van der Waals surface area contributed by atoms with Crippen LogP contribution in [0.1, 0.15) is 33.1 Å². The maximum atomic E-state index is 11.9. The Morgan fingerprint density at radius 1 is 1.31 bits per heavy atom. The Hall–Kier alpha value is -1.10. The van der Waals surface area contributed by atoms with Gasteiger partial charge in [-0.2, -0.15) is 0 Å². The Morgan fingerprint density at radius 3 is 2.38 bits per heavy atom. The quantitative estimate of drug-likeness (QED) is 0.717. The molecule has 1 aliphatic heterocycles. The summed E-state index contributed by atoms with van der Waals surface area (Å²) in [5, 5.41) is 11.6. The highest BCUT2D eigenvalue weighted by molar-refractivity contribution is 5.81. The minimum atomic E-state index is -0.846. The number of nitrogens with zero attached hydrogens (tertiary/aromatic N) is 1. The molecule has 16 heavy (non-hydrogen) atoms. The number of carbonyl (C=O) groups excluding carboxylic acids is 1. The Balaban J connectivity index is 2.35. The fourth-order valence-electron chi connectivity index (χ4n) is 2.03. The number of carboxylic acid groups (broad SMARTS) is 1. The third-order valence-electron chi connectivity index (χ3n) is 2.80. The van der Waals surface area contributed by atoms with Gasteiger partial charge in [0.05, 0.1) is 12.5 Å². The van der Waals surface area contributed by atoms with Crippen LogP contribution < -0.4 is 5.32 Å². The van der Waals surface area contributed by atoms with E-state index in [1.165, 1.54) is 0 Å². The summed E-state index contributed by atoms with van der Waals surface area (Å²) in [6.45, 7) is 5.23. The van der Waals surface area contributed by atoms with Crippen LogP contribution in [0.5, 0.6) is 0 Å². The van der Waals surface area contributed by atoms with Gasteiger partial charge in [-0.25, -0.2) is 0 Å². The summed E-state index contributed by atoms with van der Waals surface area (Å²) in [4.78, 5) is 24.2. The van der Waals surface area contributed by atoms with Crippen LogP contribution in [0.4, 0.5) is 0 Å². The van der Waals surface area contributed by atoms with Gasteiger partial charge < -0.3 is 15.3 Å². The van der Waals surface area contributed by atoms with Gasteiger partial charge in [-0.05, 0) is 26.7 Å². The molecule has 0 saturated carbocycles. The molecule has 1 saturated heterocycles. The predicted octanol–water partition coefficient (Wildman–Crippen LogP) is 0.450. The topological polar surface area (TPSA) is 69.6 Å². The molecule has 0 radical (unpaired) electrons. The first-order valence-corrected chi connectivity index (χ1v) is 5.77. The van der Waals surface area contributed by atoms with E-state index < -0.39 is 5.97 Å². The van der Waals surface area contributed by atoms with Gasteiger partial charge in [0.2, 0.25) is 5.91 Å². The highest BCUT2D eigenvalue weighted by Crippen LogP contribution is 2.09. The van der Waals surface area contributed by atoms with Crippen LogP contribution in [0.3, 0.4) is 0 Å². The molecule has 5 heteroatoms. The molecule has 2 unspecified atom stereocenters. The molecule has 92 valence electrons. The van der Waals surface area contributed by atoms with Crippen LogP contribution in [0.15, 0.2) is 0 Å². The largest absolute Gasteiger partial charge is 0.481 e. The zero-order valence-electron chi connectivity index (χ0n) is 9.90. The fourth-order valence-corrected chi connectivity index (χ4v) is 2.03. The van der Waals surface area contributed by atoms with Crippen molar-refractivity contribution in [3.05, 3.63) is 0 Å². The summed E-state index contributed by atoms with van der Waals surface area (Å²) in [7, 11) is 0. The van der Waals surface area contributed by atoms with Crippen molar-refractivity contribution in [3.8, 4) is 0 Å². The van der Waals surface area contributed by atoms with Gasteiger partial charge in [0, 0.05) is 19.1 Å². The number of carboxylic acids is 1. The second-order valence-corrected chi connectivity index (χ2v) is 4.42. The fraction of sp³-hybridized carbons (Fsp3) is 0.818. The SMILES string of the molecule is CC(CC(=O)O)NC(C)C(=O)N1CCCC1. The maximum absolute atomic E-state index is 11.9. The Kier molecular flexibility index (Phi) is 4.73. The standard InChI is InChI=1S/C11H20N2O3/c1-8(7-10(14)15)12-9(2)11(16)13-5-3-4-6-13/h8-9,12H,3-7H2,1-2H3,(H,14,15). The number of hydrogen-bond acceptors (Lipinski definition) is 3. The zero-order chi connectivity index (χ0) is 12.1. The minimum Gasteiger partial charge on any atom is -0.481 e. The molecule has 0 aromatic carbocycles. The van der Waals surface area contributed by atoms with Crippen molar-refractivity contribution < 1.29 is 14.7 Å². The summed E-state index contributed by atoms with van der Waals surface area (Å²) in [5.41, 5.74) is 0. The van der Waals surface area contributed by atoms with Crippen LogP contribution in [0.25, 0.3) is 0 Å². The van der Waals surface area contributed by atoms with Crippen molar-refractivity contribution in [2.24, 2.45) is 0 Å². The molecule has 1 rings (SSSR count). The molecule has 0 aromatic rings. The van der Waals surface area contributed by atoms with E-state index in [1.807, 2.05) is 4.90 Å². The molecule has 1 fully saturated rings. The molecule has 2 N–H and O–H groups in total. The first kappa shape index (κ1) is 13.0. The van der Waals surface area contributed by atoms with Crippen molar-refractivity contribution in [3.63, 3.8) is 0 Å². The summed E-state index contributed by atoms with van der Waals surface area (Å²) in [6, 6.07) is -0.480. The lowest BCUT2D eigenvalue weighted by Crippen LogP contribution is -2.47. The van der Waals surface area contributed by atoms with Gasteiger partial charge in [-0.15, -0.1) is 0 Å². The van der Waals surface area contributed by atoms with Crippen LogP contribution >= 0.6 is 0 Å². The van der Waals surface area contributed by atoms with Gasteiger partial charge in [-0.3, -0.25) is 9.59 Å². The van der Waals surface area contributed by atoms with Gasteiger partial charge >= 0.3 is 5.97 Å². The molecule has 0 aliphatic carbocycles. The molecular formula is C11H20N2O3. The minimum absolute atomic E-state index is 0.0393. The number of rotatable bonds is 5. The Morgan fingerprint density at radius 2 is 1.88 bits per heavy atom. The normalized spacial score (nSPS) is 19.5. The average Bonchev–Trinajstić information content (AvgIpc) is 2.67. The molecule has 1 heterocycles. The molecule has 5 nitrogen and oxygen atoms in total. The Labute approximate surface area is 95.8 Å². The zero-order valence-corrected chi connectivity index (χ0v) is 9.90. The number of aliphatic carboxylic acids is 1. The molecule has 0 spiro atoms. The van der Waals surface area contributed by atoms with Gasteiger partial charge in [0.1, 0.15) is 0 Å². The van der Waals surface area contributed by atoms with E-state index in [2.05, 4.69) is 5.32 Å². The third-order valence-corrected chi connectivity index (χ3v) is 2.80. The summed E-state index contributed by atoms with van der Waals surface area (Å²) in [6.07, 6.45) is 2.18. The van der Waals surface area contributed by atoms with Crippen molar-refractivity contribution in [1.82, 2.24) is 10.2 Å². The number of likely N-dealkylation sites (tertiary alicyclic amines) is 1. The van der Waals surface area contributed by atoms with Gasteiger partial charge in [-0.1, -0.05) is 0 Å². The molecule has 1 amide bonds. The summed E-state index contributed by atoms with van der Waals surface area (Å²) in [5.74, 6) is -0.768. The van der Waals surface area contributed by atoms with E-state index >= 15 is 0 Å². The van der Waals surface area contributed by atoms with E-state index in [1.54, 1.807) is 13.8 Å². The van der Waals surface area contributed by atoms with Gasteiger partial charge in [0.15, 0.2) is 0 Å². The average molecular weight is 228 g/mol. The van der Waals surface area contributed by atoms with Gasteiger partial charge in [0.25, 0.3) is 0 Å². The highest BCUT2D eigenvalue weighted by Gasteiger charge is 2.24. The second kappa shape index (κ2) is 5.84. The van der Waals surface area contributed by atoms with Crippen molar-refractivity contribution in [2.45, 2.75) is 45.2 Å². The van der Waals surface area contributed by atoms with Crippen LogP contribution in [-0.2, 0) is 9.59 Å².